The molecule has 0 unspecified atom stereocenters. The second-order valence-corrected chi connectivity index (χ2v) is 7.19. The number of nitrogens with one attached hydrogen (secondary N) is 2. The molecule has 4 rings (SSSR count). The minimum Gasteiger partial charge on any atom is -0.493 e. The highest BCUT2D eigenvalue weighted by molar-refractivity contribution is 5.67. The highest BCUT2D eigenvalue weighted by atomic mass is 16.7. The van der Waals surface area contributed by atoms with Crippen LogP contribution in [0.25, 0.3) is 0 Å². The Labute approximate surface area is 198 Å². The zero-order chi connectivity index (χ0) is 24.1. The molecule has 11 heteroatoms. The fourth-order valence-corrected chi connectivity index (χ4v) is 3.51. The highest BCUT2D eigenvalue weighted by Gasteiger charge is 2.17. The van der Waals surface area contributed by atoms with Crippen LogP contribution in [0.1, 0.15) is 13.8 Å². The topological polar surface area (TPSA) is 112 Å². The minimum absolute atomic E-state index is 0.208. The van der Waals surface area contributed by atoms with E-state index in [1.807, 2.05) is 36.9 Å². The summed E-state index contributed by atoms with van der Waals surface area (Å²) in [6.07, 6.45) is 0. The summed E-state index contributed by atoms with van der Waals surface area (Å²) in [5.74, 6) is 4.18. The molecule has 2 N–H and O–H groups in total. The number of anilines is 5. The molecule has 0 aliphatic carbocycles. The number of rotatable bonds is 10. The van der Waals surface area contributed by atoms with Gasteiger partial charge in [-0.2, -0.15) is 15.0 Å². The first kappa shape index (κ1) is 23.0. The Morgan fingerprint density at radius 2 is 1.41 bits per heavy atom. The van der Waals surface area contributed by atoms with Gasteiger partial charge in [-0.05, 0) is 26.0 Å². The lowest BCUT2D eigenvalue weighted by molar-refractivity contribution is 0.174. The van der Waals surface area contributed by atoms with Crippen LogP contribution < -0.4 is 39.2 Å². The maximum absolute atomic E-state index is 5.47. The van der Waals surface area contributed by atoms with E-state index in [9.17, 15) is 0 Å². The molecule has 0 spiro atoms. The Kier molecular flexibility index (Phi) is 6.90. The molecule has 0 saturated heterocycles. The normalized spacial score (nSPS) is 11.7. The number of nitrogens with zero attached hydrogens (tertiary/aromatic N) is 4. The Morgan fingerprint density at radius 1 is 0.794 bits per heavy atom. The standard InChI is InChI=1S/C23H28N6O5/c1-6-29(7-2)23-27-21(24-14-8-9-16-17(10-14)34-13-33-16)26-22(28-23)25-15-11-18(30-3)20(32-5)19(12-15)31-4/h8-12H,6-7,13H2,1-5H3,(H2,24,25,26,27,28). The molecule has 1 aromatic heterocycles. The van der Waals surface area contributed by atoms with Gasteiger partial charge in [-0.15, -0.1) is 0 Å². The first-order valence-electron chi connectivity index (χ1n) is 10.8. The molecule has 180 valence electrons. The Balaban J connectivity index is 1.68. The van der Waals surface area contributed by atoms with E-state index in [1.165, 1.54) is 0 Å². The van der Waals surface area contributed by atoms with Crippen LogP contribution >= 0.6 is 0 Å². The lowest BCUT2D eigenvalue weighted by Gasteiger charge is -2.20. The van der Waals surface area contributed by atoms with E-state index in [-0.39, 0.29) is 6.79 Å². The van der Waals surface area contributed by atoms with Gasteiger partial charge in [-0.3, -0.25) is 0 Å². The summed E-state index contributed by atoms with van der Waals surface area (Å²) in [7, 11) is 4.69. The average molecular weight is 469 g/mol. The Bertz CT molecular complexity index is 1130. The van der Waals surface area contributed by atoms with Crippen molar-refractivity contribution in [3.63, 3.8) is 0 Å². The number of ether oxygens (including phenoxy) is 5. The molecular weight excluding hydrogens is 440 g/mol. The van der Waals surface area contributed by atoms with Crippen molar-refractivity contribution in [1.82, 2.24) is 15.0 Å². The van der Waals surface area contributed by atoms with Crippen LogP contribution in [-0.2, 0) is 0 Å². The van der Waals surface area contributed by atoms with Crippen LogP contribution in [0.15, 0.2) is 30.3 Å². The fourth-order valence-electron chi connectivity index (χ4n) is 3.51. The first-order valence-corrected chi connectivity index (χ1v) is 10.8. The average Bonchev–Trinajstić information content (AvgIpc) is 3.32. The zero-order valence-electron chi connectivity index (χ0n) is 19.8. The van der Waals surface area contributed by atoms with E-state index in [4.69, 9.17) is 23.7 Å². The summed E-state index contributed by atoms with van der Waals surface area (Å²) < 4.78 is 27.2. The number of fused-ring (bicyclic) bond motifs is 1. The molecule has 1 aliphatic heterocycles. The van der Waals surface area contributed by atoms with Crippen molar-refractivity contribution in [2.24, 2.45) is 0 Å². The van der Waals surface area contributed by atoms with E-state index in [0.29, 0.717) is 52.3 Å². The minimum atomic E-state index is 0.208. The number of methoxy groups -OCH3 is 3. The first-order chi connectivity index (χ1) is 16.6. The van der Waals surface area contributed by atoms with Crippen molar-refractivity contribution in [2.45, 2.75) is 13.8 Å². The number of aromatic nitrogens is 3. The van der Waals surface area contributed by atoms with Crippen LogP contribution in [0.5, 0.6) is 28.7 Å². The number of hydrogen-bond acceptors (Lipinski definition) is 11. The van der Waals surface area contributed by atoms with Crippen molar-refractivity contribution >= 4 is 29.2 Å². The van der Waals surface area contributed by atoms with Gasteiger partial charge in [0, 0.05) is 42.7 Å². The van der Waals surface area contributed by atoms with Crippen LogP contribution in [0, 0.1) is 0 Å². The van der Waals surface area contributed by atoms with Crippen molar-refractivity contribution in [1.29, 1.82) is 0 Å². The van der Waals surface area contributed by atoms with Crippen molar-refractivity contribution in [3.05, 3.63) is 30.3 Å². The molecule has 0 amide bonds. The third-order valence-electron chi connectivity index (χ3n) is 5.22. The third-order valence-corrected chi connectivity index (χ3v) is 5.22. The largest absolute Gasteiger partial charge is 0.493 e. The van der Waals surface area contributed by atoms with E-state index in [1.54, 1.807) is 33.5 Å². The second-order valence-electron chi connectivity index (χ2n) is 7.19. The summed E-state index contributed by atoms with van der Waals surface area (Å²) in [4.78, 5) is 15.8. The third kappa shape index (κ3) is 4.77. The van der Waals surface area contributed by atoms with Crippen molar-refractivity contribution in [2.75, 3.05) is 56.7 Å². The summed E-state index contributed by atoms with van der Waals surface area (Å²) in [5.41, 5.74) is 1.43. The van der Waals surface area contributed by atoms with Gasteiger partial charge in [-0.1, -0.05) is 0 Å². The molecule has 0 atom stereocenters. The molecule has 2 heterocycles. The fraction of sp³-hybridized carbons (Fsp3) is 0.348. The zero-order valence-corrected chi connectivity index (χ0v) is 19.8. The number of hydrogen-bond donors (Lipinski definition) is 2. The lowest BCUT2D eigenvalue weighted by atomic mass is 10.2. The quantitative estimate of drug-likeness (QED) is 0.451. The van der Waals surface area contributed by atoms with Crippen LogP contribution in [0.2, 0.25) is 0 Å². The van der Waals surface area contributed by atoms with E-state index < -0.39 is 0 Å². The summed E-state index contributed by atoms with van der Waals surface area (Å²) in [6, 6.07) is 9.13. The summed E-state index contributed by atoms with van der Waals surface area (Å²) >= 11 is 0. The Morgan fingerprint density at radius 3 is 2.00 bits per heavy atom. The van der Waals surface area contributed by atoms with E-state index in [2.05, 4.69) is 25.6 Å². The van der Waals surface area contributed by atoms with Gasteiger partial charge in [0.05, 0.1) is 21.3 Å². The molecule has 0 radical (unpaired) electrons. The van der Waals surface area contributed by atoms with Gasteiger partial charge in [0.1, 0.15) is 0 Å². The molecule has 0 fully saturated rings. The molecule has 0 saturated carbocycles. The second kappa shape index (κ2) is 10.2. The molecule has 3 aromatic rings. The summed E-state index contributed by atoms with van der Waals surface area (Å²) in [6.45, 7) is 5.79. The maximum Gasteiger partial charge on any atom is 0.233 e. The smallest absolute Gasteiger partial charge is 0.233 e. The van der Waals surface area contributed by atoms with Crippen molar-refractivity contribution < 1.29 is 23.7 Å². The van der Waals surface area contributed by atoms with E-state index in [0.717, 1.165) is 18.8 Å². The van der Waals surface area contributed by atoms with Gasteiger partial charge >= 0.3 is 0 Å². The molecule has 2 aromatic carbocycles. The predicted molar refractivity (Wildman–Crippen MR) is 129 cm³/mol. The number of benzene rings is 2. The van der Waals surface area contributed by atoms with E-state index >= 15 is 0 Å². The van der Waals surface area contributed by atoms with Crippen LogP contribution in [0.4, 0.5) is 29.2 Å². The predicted octanol–water partition coefficient (Wildman–Crippen LogP) is 3.96. The molecule has 1 aliphatic rings. The lowest BCUT2D eigenvalue weighted by Crippen LogP contribution is -2.25. The summed E-state index contributed by atoms with van der Waals surface area (Å²) in [5, 5.41) is 6.46. The molecule has 34 heavy (non-hydrogen) atoms. The van der Waals surface area contributed by atoms with Gasteiger partial charge in [-0.25, -0.2) is 0 Å². The van der Waals surface area contributed by atoms with Gasteiger partial charge in [0.2, 0.25) is 30.4 Å². The van der Waals surface area contributed by atoms with Crippen molar-refractivity contribution in [3.8, 4) is 28.7 Å². The maximum atomic E-state index is 5.47. The molecule has 0 bridgehead atoms. The van der Waals surface area contributed by atoms with Crippen LogP contribution in [0.3, 0.4) is 0 Å². The monoisotopic (exact) mass is 468 g/mol. The SMILES string of the molecule is CCN(CC)c1nc(Nc2ccc3c(c2)OCO3)nc(Nc2cc(OC)c(OC)c(OC)c2)n1. The van der Waals surface area contributed by atoms with Crippen LogP contribution in [-0.4, -0.2) is 56.2 Å². The Hall–Kier alpha value is -4.15. The highest BCUT2D eigenvalue weighted by Crippen LogP contribution is 2.40. The van der Waals surface area contributed by atoms with Gasteiger partial charge in [0.25, 0.3) is 0 Å². The van der Waals surface area contributed by atoms with Gasteiger partial charge < -0.3 is 39.2 Å². The molecule has 11 nitrogen and oxygen atoms in total. The molecular formula is C23H28N6O5. The van der Waals surface area contributed by atoms with Gasteiger partial charge in [0.15, 0.2) is 23.0 Å².